The van der Waals surface area contributed by atoms with Crippen molar-refractivity contribution in [1.29, 1.82) is 0 Å². The zero-order valence-corrected chi connectivity index (χ0v) is 13.0. The van der Waals surface area contributed by atoms with E-state index in [0.717, 1.165) is 24.2 Å². The van der Waals surface area contributed by atoms with Crippen LogP contribution in [0.15, 0.2) is 24.3 Å². The molecule has 1 aliphatic rings. The van der Waals surface area contributed by atoms with Gasteiger partial charge in [0.25, 0.3) is 0 Å². The average Bonchev–Trinajstić information content (AvgIpc) is 2.54. The van der Waals surface area contributed by atoms with E-state index in [1.807, 2.05) is 31.2 Å². The Balaban J connectivity index is 2.04. The summed E-state index contributed by atoms with van der Waals surface area (Å²) in [5.74, 6) is -1.29. The third kappa shape index (κ3) is 3.78. The van der Waals surface area contributed by atoms with Gasteiger partial charge in [0.05, 0.1) is 25.0 Å². The molecule has 0 saturated heterocycles. The molecule has 1 aromatic carbocycles. The number of hydrogen-bond acceptors (Lipinski definition) is 3. The lowest BCUT2D eigenvalue weighted by Crippen LogP contribution is -2.40. The van der Waals surface area contributed by atoms with Crippen LogP contribution in [0.3, 0.4) is 0 Å². The second-order valence-electron chi connectivity index (χ2n) is 5.84. The zero-order valence-electron chi connectivity index (χ0n) is 13.0. The molecule has 1 aliphatic carbocycles. The predicted octanol–water partition coefficient (Wildman–Crippen LogP) is 2.76. The van der Waals surface area contributed by atoms with Gasteiger partial charge in [-0.3, -0.25) is 9.59 Å². The van der Waals surface area contributed by atoms with E-state index in [1.54, 1.807) is 7.11 Å². The monoisotopic (exact) mass is 305 g/mol. The molecule has 1 amide bonds. The summed E-state index contributed by atoms with van der Waals surface area (Å²) in [5, 5.41) is 12.2. The first-order valence-corrected chi connectivity index (χ1v) is 7.70. The first-order valence-electron chi connectivity index (χ1n) is 7.70. The molecule has 5 nitrogen and oxygen atoms in total. The normalized spacial score (nSPS) is 22.6. The van der Waals surface area contributed by atoms with Gasteiger partial charge in [0.15, 0.2) is 0 Å². The molecule has 5 heteroatoms. The van der Waals surface area contributed by atoms with Crippen molar-refractivity contribution in [3.05, 3.63) is 29.8 Å². The molecule has 0 aromatic heterocycles. The molecule has 22 heavy (non-hydrogen) atoms. The fourth-order valence-corrected chi connectivity index (χ4v) is 3.05. The Bertz CT molecular complexity index is 543. The average molecular weight is 305 g/mol. The molecule has 120 valence electrons. The first kappa shape index (κ1) is 16.3. The molecule has 2 rings (SSSR count). The molecule has 0 heterocycles. The van der Waals surface area contributed by atoms with Gasteiger partial charge in [0.1, 0.15) is 5.75 Å². The van der Waals surface area contributed by atoms with E-state index >= 15 is 0 Å². The molecule has 2 N–H and O–H groups in total. The molecule has 1 aromatic rings. The number of carboxylic acid groups (broad SMARTS) is 1. The largest absolute Gasteiger partial charge is 0.497 e. The number of benzene rings is 1. The second-order valence-corrected chi connectivity index (χ2v) is 5.84. The van der Waals surface area contributed by atoms with Gasteiger partial charge in [0.2, 0.25) is 5.91 Å². The molecule has 0 unspecified atom stereocenters. The van der Waals surface area contributed by atoms with Crippen LogP contribution in [0.1, 0.15) is 44.2 Å². The summed E-state index contributed by atoms with van der Waals surface area (Å²) >= 11 is 0. The summed E-state index contributed by atoms with van der Waals surface area (Å²) in [6, 6.07) is 7.33. The van der Waals surface area contributed by atoms with Crippen molar-refractivity contribution in [2.24, 2.45) is 11.8 Å². The number of ether oxygens (including phenoxy) is 1. The summed E-state index contributed by atoms with van der Waals surface area (Å²) in [4.78, 5) is 23.8. The van der Waals surface area contributed by atoms with Crippen molar-refractivity contribution in [1.82, 2.24) is 5.32 Å². The first-order chi connectivity index (χ1) is 10.5. The van der Waals surface area contributed by atoms with Crippen molar-refractivity contribution in [2.75, 3.05) is 7.11 Å². The number of methoxy groups -OCH3 is 1. The smallest absolute Gasteiger partial charge is 0.307 e. The SMILES string of the molecule is COc1cccc([C@H](C)NC(=O)[C@@H]2CCCC[C@@H]2C(=O)O)c1. The van der Waals surface area contributed by atoms with E-state index in [9.17, 15) is 14.7 Å². The predicted molar refractivity (Wildman–Crippen MR) is 82.6 cm³/mol. The van der Waals surface area contributed by atoms with Gasteiger partial charge in [0, 0.05) is 0 Å². The van der Waals surface area contributed by atoms with Crippen LogP contribution in [0.4, 0.5) is 0 Å². The van der Waals surface area contributed by atoms with Gasteiger partial charge in [-0.15, -0.1) is 0 Å². The molecule has 3 atom stereocenters. The highest BCUT2D eigenvalue weighted by Gasteiger charge is 2.36. The topological polar surface area (TPSA) is 75.6 Å². The summed E-state index contributed by atoms with van der Waals surface area (Å²) in [7, 11) is 1.60. The van der Waals surface area contributed by atoms with E-state index in [1.165, 1.54) is 0 Å². The fourth-order valence-electron chi connectivity index (χ4n) is 3.05. The van der Waals surface area contributed by atoms with Gasteiger partial charge in [-0.1, -0.05) is 25.0 Å². The summed E-state index contributed by atoms with van der Waals surface area (Å²) in [6.45, 7) is 1.89. The van der Waals surface area contributed by atoms with Crippen molar-refractivity contribution < 1.29 is 19.4 Å². The van der Waals surface area contributed by atoms with Crippen LogP contribution in [0.25, 0.3) is 0 Å². The summed E-state index contributed by atoms with van der Waals surface area (Å²) in [5.41, 5.74) is 0.940. The Kier molecular flexibility index (Phi) is 5.41. The summed E-state index contributed by atoms with van der Waals surface area (Å²) < 4.78 is 5.18. The number of carboxylic acids is 1. The number of carbonyl (C=O) groups is 2. The standard InChI is InChI=1S/C17H23NO4/c1-11(12-6-5-7-13(10-12)22-2)18-16(19)14-8-3-4-9-15(14)17(20)21/h5-7,10-11,14-15H,3-4,8-9H2,1-2H3,(H,18,19)(H,20,21)/t11-,14+,15-/m0/s1. The Morgan fingerprint density at radius 1 is 1.27 bits per heavy atom. The number of hydrogen-bond donors (Lipinski definition) is 2. The number of rotatable bonds is 5. The molecule has 0 spiro atoms. The summed E-state index contributed by atoms with van der Waals surface area (Å²) in [6.07, 6.45) is 3.02. The van der Waals surface area contributed by atoms with Crippen molar-refractivity contribution in [3.8, 4) is 5.75 Å². The van der Waals surface area contributed by atoms with Crippen LogP contribution in [0.5, 0.6) is 5.75 Å². The van der Waals surface area contributed by atoms with E-state index in [-0.39, 0.29) is 11.9 Å². The highest BCUT2D eigenvalue weighted by molar-refractivity contribution is 5.85. The molecular formula is C17H23NO4. The minimum atomic E-state index is -0.867. The third-order valence-corrected chi connectivity index (χ3v) is 4.37. The minimum absolute atomic E-state index is 0.164. The van der Waals surface area contributed by atoms with Gasteiger partial charge in [-0.25, -0.2) is 0 Å². The van der Waals surface area contributed by atoms with E-state index in [2.05, 4.69) is 5.32 Å². The van der Waals surface area contributed by atoms with Crippen LogP contribution in [0.2, 0.25) is 0 Å². The Morgan fingerprint density at radius 2 is 1.95 bits per heavy atom. The molecule has 1 fully saturated rings. The van der Waals surface area contributed by atoms with E-state index in [4.69, 9.17) is 4.74 Å². The van der Waals surface area contributed by atoms with Crippen molar-refractivity contribution in [3.63, 3.8) is 0 Å². The van der Waals surface area contributed by atoms with Gasteiger partial charge in [-0.2, -0.15) is 0 Å². The molecule has 0 radical (unpaired) electrons. The van der Waals surface area contributed by atoms with Gasteiger partial charge in [-0.05, 0) is 37.5 Å². The minimum Gasteiger partial charge on any atom is -0.497 e. The molecule has 0 aliphatic heterocycles. The number of nitrogens with one attached hydrogen (secondary N) is 1. The maximum atomic E-state index is 12.4. The lowest BCUT2D eigenvalue weighted by molar-refractivity contribution is -0.149. The highest BCUT2D eigenvalue weighted by Crippen LogP contribution is 2.31. The highest BCUT2D eigenvalue weighted by atomic mass is 16.5. The van der Waals surface area contributed by atoms with Crippen LogP contribution < -0.4 is 10.1 Å². The number of amides is 1. The number of carbonyl (C=O) groups excluding carboxylic acids is 1. The van der Waals surface area contributed by atoms with E-state index in [0.29, 0.717) is 12.8 Å². The molecule has 0 bridgehead atoms. The van der Waals surface area contributed by atoms with Crippen molar-refractivity contribution >= 4 is 11.9 Å². The molecule has 1 saturated carbocycles. The quantitative estimate of drug-likeness (QED) is 0.877. The Morgan fingerprint density at radius 3 is 2.59 bits per heavy atom. The van der Waals surface area contributed by atoms with Crippen LogP contribution in [-0.4, -0.2) is 24.1 Å². The lowest BCUT2D eigenvalue weighted by atomic mass is 9.78. The zero-order chi connectivity index (χ0) is 16.1. The Hall–Kier alpha value is -2.04. The van der Waals surface area contributed by atoms with Gasteiger partial charge >= 0.3 is 5.97 Å². The third-order valence-electron chi connectivity index (χ3n) is 4.37. The lowest BCUT2D eigenvalue weighted by Gasteiger charge is -2.28. The van der Waals surface area contributed by atoms with Gasteiger partial charge < -0.3 is 15.2 Å². The van der Waals surface area contributed by atoms with Crippen LogP contribution in [0, 0.1) is 11.8 Å². The van der Waals surface area contributed by atoms with Crippen LogP contribution >= 0.6 is 0 Å². The van der Waals surface area contributed by atoms with Crippen LogP contribution in [-0.2, 0) is 9.59 Å². The maximum Gasteiger partial charge on any atom is 0.307 e. The molecular weight excluding hydrogens is 282 g/mol. The maximum absolute atomic E-state index is 12.4. The Labute approximate surface area is 130 Å². The second kappa shape index (κ2) is 7.29. The van der Waals surface area contributed by atoms with E-state index < -0.39 is 17.8 Å². The number of aliphatic carboxylic acids is 1. The fraction of sp³-hybridized carbons (Fsp3) is 0.529. The van der Waals surface area contributed by atoms with Crippen molar-refractivity contribution in [2.45, 2.75) is 38.6 Å².